The Hall–Kier alpha value is -2.24. The van der Waals surface area contributed by atoms with Crippen molar-refractivity contribution in [2.75, 3.05) is 0 Å². The second-order valence-electron chi connectivity index (χ2n) is 6.52. The van der Waals surface area contributed by atoms with Crippen molar-refractivity contribution in [1.29, 1.82) is 0 Å². The highest BCUT2D eigenvalue weighted by atomic mass is 16.7. The van der Waals surface area contributed by atoms with Gasteiger partial charge in [0.05, 0.1) is 16.2 Å². The van der Waals surface area contributed by atoms with Gasteiger partial charge in [0.1, 0.15) is 0 Å². The zero-order chi connectivity index (χ0) is 17.9. The zero-order valence-corrected chi connectivity index (χ0v) is 14.6. The Labute approximate surface area is 148 Å². The van der Waals surface area contributed by atoms with Crippen LogP contribution in [0.3, 0.4) is 0 Å². The molecule has 25 heavy (non-hydrogen) atoms. The molecule has 1 aliphatic rings. The van der Waals surface area contributed by atoms with Crippen LogP contribution in [0.25, 0.3) is 0 Å². The van der Waals surface area contributed by atoms with Crippen LogP contribution in [0, 0.1) is 10.1 Å². The van der Waals surface area contributed by atoms with Crippen molar-refractivity contribution >= 4 is 17.4 Å². The van der Waals surface area contributed by atoms with E-state index in [-0.39, 0.29) is 11.3 Å². The number of nitro benzene ring substituents is 1. The lowest BCUT2D eigenvalue weighted by molar-refractivity contribution is -0.384. The van der Waals surface area contributed by atoms with Gasteiger partial charge in [0.15, 0.2) is 0 Å². The molecule has 0 N–H and O–H groups in total. The topological polar surface area (TPSA) is 81.8 Å². The summed E-state index contributed by atoms with van der Waals surface area (Å²) in [5, 5.41) is 14.7. The minimum atomic E-state index is -0.575. The van der Waals surface area contributed by atoms with E-state index in [2.05, 4.69) is 5.16 Å². The molecule has 1 fully saturated rings. The third-order valence-electron chi connectivity index (χ3n) is 4.50. The van der Waals surface area contributed by atoms with E-state index in [4.69, 9.17) is 4.84 Å². The summed E-state index contributed by atoms with van der Waals surface area (Å²) in [5.41, 5.74) is 1.15. The zero-order valence-electron chi connectivity index (χ0n) is 14.6. The highest BCUT2D eigenvalue weighted by Gasteiger charge is 2.11. The Morgan fingerprint density at radius 2 is 1.36 bits per heavy atom. The number of non-ortho nitro benzene ring substituents is 1. The number of rotatable bonds is 3. The third kappa shape index (κ3) is 7.03. The molecule has 0 amide bonds. The van der Waals surface area contributed by atoms with Crippen LogP contribution in [0.4, 0.5) is 5.69 Å². The van der Waals surface area contributed by atoms with E-state index in [1.807, 2.05) is 0 Å². The van der Waals surface area contributed by atoms with Crippen LogP contribution in [-0.4, -0.2) is 16.6 Å². The van der Waals surface area contributed by atoms with Gasteiger partial charge in [-0.3, -0.25) is 10.1 Å². The van der Waals surface area contributed by atoms with E-state index in [1.165, 1.54) is 69.2 Å². The molecule has 0 heterocycles. The number of carbonyl (C=O) groups is 1. The van der Waals surface area contributed by atoms with Crippen molar-refractivity contribution < 1.29 is 14.6 Å². The predicted molar refractivity (Wildman–Crippen MR) is 96.7 cm³/mol. The van der Waals surface area contributed by atoms with Crippen LogP contribution >= 0.6 is 0 Å². The number of oxime groups is 1. The molecule has 6 heteroatoms. The fourth-order valence-corrected chi connectivity index (χ4v) is 2.99. The minimum Gasteiger partial charge on any atom is -0.313 e. The van der Waals surface area contributed by atoms with Gasteiger partial charge in [-0.2, -0.15) is 0 Å². The van der Waals surface area contributed by atoms with Crippen molar-refractivity contribution in [3.05, 3.63) is 39.9 Å². The van der Waals surface area contributed by atoms with Crippen molar-refractivity contribution in [2.45, 2.75) is 70.6 Å². The van der Waals surface area contributed by atoms with Crippen LogP contribution in [-0.2, 0) is 4.84 Å². The maximum atomic E-state index is 12.0. The van der Waals surface area contributed by atoms with Crippen LogP contribution in [0.1, 0.15) is 81.0 Å². The Balaban J connectivity index is 1.91. The summed E-state index contributed by atoms with van der Waals surface area (Å²) >= 11 is 0. The molecule has 0 aromatic heterocycles. The third-order valence-corrected chi connectivity index (χ3v) is 4.50. The molecular formula is C19H26N2O4. The average molecular weight is 346 g/mol. The summed E-state index contributed by atoms with van der Waals surface area (Å²) in [7, 11) is 0. The van der Waals surface area contributed by atoms with Crippen LogP contribution in [0.2, 0.25) is 0 Å². The van der Waals surface area contributed by atoms with Gasteiger partial charge in [0, 0.05) is 12.1 Å². The van der Waals surface area contributed by atoms with Gasteiger partial charge < -0.3 is 4.84 Å². The predicted octanol–water partition coefficient (Wildman–Crippen LogP) is 5.41. The molecule has 1 aromatic carbocycles. The normalized spacial score (nSPS) is 17.0. The van der Waals surface area contributed by atoms with Gasteiger partial charge in [-0.25, -0.2) is 4.79 Å². The Morgan fingerprint density at radius 1 is 0.880 bits per heavy atom. The van der Waals surface area contributed by atoms with Gasteiger partial charge in [-0.15, -0.1) is 0 Å². The first kappa shape index (κ1) is 19.1. The first-order valence-corrected chi connectivity index (χ1v) is 9.18. The molecule has 6 nitrogen and oxygen atoms in total. The lowest BCUT2D eigenvalue weighted by Crippen LogP contribution is -2.06. The summed E-state index contributed by atoms with van der Waals surface area (Å²) in [6, 6.07) is 5.36. The van der Waals surface area contributed by atoms with E-state index in [0.717, 1.165) is 31.4 Å². The Bertz CT molecular complexity index is 582. The van der Waals surface area contributed by atoms with Gasteiger partial charge in [0.2, 0.25) is 0 Å². The number of benzene rings is 1. The van der Waals surface area contributed by atoms with E-state index in [0.29, 0.717) is 0 Å². The van der Waals surface area contributed by atoms with E-state index in [9.17, 15) is 14.9 Å². The quantitative estimate of drug-likeness (QED) is 0.416. The molecule has 1 saturated carbocycles. The van der Waals surface area contributed by atoms with Gasteiger partial charge in [0.25, 0.3) is 5.69 Å². The molecule has 2 rings (SSSR count). The number of hydrogen-bond donors (Lipinski definition) is 0. The summed E-state index contributed by atoms with van der Waals surface area (Å²) in [5.74, 6) is -0.575. The number of hydrogen-bond acceptors (Lipinski definition) is 5. The summed E-state index contributed by atoms with van der Waals surface area (Å²) in [4.78, 5) is 27.3. The maximum Gasteiger partial charge on any atom is 0.365 e. The second-order valence-corrected chi connectivity index (χ2v) is 6.52. The first-order chi connectivity index (χ1) is 12.2. The molecule has 0 bridgehead atoms. The monoisotopic (exact) mass is 346 g/mol. The largest absolute Gasteiger partial charge is 0.365 e. The van der Waals surface area contributed by atoms with Gasteiger partial charge >= 0.3 is 5.97 Å². The lowest BCUT2D eigenvalue weighted by Gasteiger charge is -2.09. The molecule has 0 aliphatic heterocycles. The highest BCUT2D eigenvalue weighted by Crippen LogP contribution is 2.16. The van der Waals surface area contributed by atoms with E-state index >= 15 is 0 Å². The Kier molecular flexibility index (Phi) is 8.09. The standard InChI is InChI=1S/C19H26N2O4/c22-19(16-12-14-18(15-13-16)21(23)24)25-20-17-10-8-6-4-2-1-3-5-7-9-11-17/h12-15H,1-11H2. The Morgan fingerprint density at radius 3 is 1.84 bits per heavy atom. The molecule has 0 spiro atoms. The van der Waals surface area contributed by atoms with Crippen molar-refractivity contribution in [2.24, 2.45) is 5.16 Å². The van der Waals surface area contributed by atoms with E-state index in [1.54, 1.807) is 0 Å². The highest BCUT2D eigenvalue weighted by molar-refractivity contribution is 5.91. The summed E-state index contributed by atoms with van der Waals surface area (Å²) in [6.07, 6.45) is 12.7. The molecule has 0 saturated heterocycles. The number of nitro groups is 1. The first-order valence-electron chi connectivity index (χ1n) is 9.18. The molecule has 0 radical (unpaired) electrons. The second kappa shape index (κ2) is 10.6. The summed E-state index contributed by atoms with van der Waals surface area (Å²) < 4.78 is 0. The fraction of sp³-hybridized carbons (Fsp3) is 0.579. The molecule has 1 aromatic rings. The van der Waals surface area contributed by atoms with Crippen LogP contribution in [0.5, 0.6) is 0 Å². The summed E-state index contributed by atoms with van der Waals surface area (Å²) in [6.45, 7) is 0. The minimum absolute atomic E-state index is 0.0535. The van der Waals surface area contributed by atoms with Crippen molar-refractivity contribution in [1.82, 2.24) is 0 Å². The van der Waals surface area contributed by atoms with Crippen molar-refractivity contribution in [3.8, 4) is 0 Å². The van der Waals surface area contributed by atoms with Crippen LogP contribution in [0.15, 0.2) is 29.4 Å². The van der Waals surface area contributed by atoms with Gasteiger partial charge in [-0.05, 0) is 37.8 Å². The lowest BCUT2D eigenvalue weighted by atomic mass is 10.00. The number of carbonyl (C=O) groups excluding carboxylic acids is 1. The molecule has 0 atom stereocenters. The SMILES string of the molecule is O=C(ON=C1CCCCCCCCCCC1)c1ccc([N+](=O)[O-])cc1. The molecule has 136 valence electrons. The molecule has 1 aliphatic carbocycles. The molecule has 0 unspecified atom stereocenters. The molecular weight excluding hydrogens is 320 g/mol. The van der Waals surface area contributed by atoms with Gasteiger partial charge in [-0.1, -0.05) is 50.1 Å². The van der Waals surface area contributed by atoms with Crippen molar-refractivity contribution in [3.63, 3.8) is 0 Å². The fourth-order valence-electron chi connectivity index (χ4n) is 2.99. The van der Waals surface area contributed by atoms with Crippen LogP contribution < -0.4 is 0 Å². The smallest absolute Gasteiger partial charge is 0.313 e. The van der Waals surface area contributed by atoms with E-state index < -0.39 is 10.9 Å². The average Bonchev–Trinajstić information content (AvgIpc) is 2.61. The number of nitrogens with zero attached hydrogens (tertiary/aromatic N) is 2. The maximum absolute atomic E-state index is 12.0.